The Balaban J connectivity index is 2.49. The molecular weight excluding hydrogens is 368 g/mol. The van der Waals surface area contributed by atoms with Gasteiger partial charge in [-0.2, -0.15) is 8.78 Å². The lowest BCUT2D eigenvalue weighted by atomic mass is 10.1. The molecule has 0 aliphatic rings. The van der Waals surface area contributed by atoms with Crippen LogP contribution in [0.4, 0.5) is 17.6 Å². The quantitative estimate of drug-likeness (QED) is 0.270. The van der Waals surface area contributed by atoms with E-state index in [0.29, 0.717) is 5.56 Å². The average Bonchev–Trinajstić information content (AvgIpc) is 2.55. The fourth-order valence-corrected chi connectivity index (χ4v) is 2.43. The van der Waals surface area contributed by atoms with E-state index in [1.807, 2.05) is 0 Å². The summed E-state index contributed by atoms with van der Waals surface area (Å²) in [5.41, 5.74) is 0.391. The first-order chi connectivity index (χ1) is 11.6. The lowest BCUT2D eigenvalue weighted by Gasteiger charge is -2.14. The molecule has 132 valence electrons. The summed E-state index contributed by atoms with van der Waals surface area (Å²) in [5, 5.41) is 0. The highest BCUT2D eigenvalue weighted by atomic mass is 32.2. The normalized spacial score (nSPS) is 11.2. The molecule has 2 rings (SSSR count). The van der Waals surface area contributed by atoms with Crippen molar-refractivity contribution in [1.29, 1.82) is 0 Å². The number of hydrogen-bond donors (Lipinski definition) is 0. The maximum atomic E-state index is 13.8. The molecule has 0 amide bonds. The van der Waals surface area contributed by atoms with Gasteiger partial charge in [0.2, 0.25) is 17.4 Å². The Labute approximate surface area is 138 Å². The van der Waals surface area contributed by atoms with Crippen molar-refractivity contribution < 1.29 is 40.1 Å². The Morgan fingerprint density at radius 3 is 1.88 bits per heavy atom. The van der Waals surface area contributed by atoms with E-state index in [2.05, 4.69) is 11.3 Å². The summed E-state index contributed by atoms with van der Waals surface area (Å²) in [6.07, 6.45) is 1.45. The molecule has 0 bridgehead atoms. The lowest BCUT2D eigenvalue weighted by molar-refractivity contribution is 0.0716. The first-order valence-corrected chi connectivity index (χ1v) is 7.75. The smallest absolute Gasteiger partial charge is 0.343 e. The molecule has 0 N–H and O–H groups in total. The molecule has 0 aromatic heterocycles. The highest BCUT2D eigenvalue weighted by molar-refractivity contribution is 7.85. The maximum absolute atomic E-state index is 13.8. The zero-order valence-electron chi connectivity index (χ0n) is 12.1. The van der Waals surface area contributed by atoms with Crippen molar-refractivity contribution in [2.75, 3.05) is 0 Å². The van der Waals surface area contributed by atoms with Crippen LogP contribution in [0.2, 0.25) is 0 Å². The Morgan fingerprint density at radius 1 is 1.00 bits per heavy atom. The number of benzene rings is 2. The summed E-state index contributed by atoms with van der Waals surface area (Å²) in [7, 11) is -5.84. The SMILES string of the molecule is C=Cc1ccc(C(=O)Oc2c(F)c(F)c(S(=O)(=O)[O-])c(F)c2F)cc1. The molecule has 0 spiro atoms. The van der Waals surface area contributed by atoms with Crippen LogP contribution in [0, 0.1) is 23.3 Å². The number of esters is 1. The molecule has 5 nitrogen and oxygen atoms in total. The van der Waals surface area contributed by atoms with E-state index in [-0.39, 0.29) is 5.56 Å². The standard InChI is InChI=1S/C15H8F4O5S/c1-2-7-3-5-8(6-4-7)15(20)24-13-9(16)11(18)14(25(21,22)23)12(19)10(13)17/h2-6H,1H2,(H,21,22,23)/p-1. The summed E-state index contributed by atoms with van der Waals surface area (Å²) in [4.78, 5) is 9.48. The zero-order valence-corrected chi connectivity index (χ0v) is 12.9. The van der Waals surface area contributed by atoms with Gasteiger partial charge in [0.15, 0.2) is 11.6 Å². The molecule has 0 fully saturated rings. The largest absolute Gasteiger partial charge is 0.744 e. The van der Waals surface area contributed by atoms with Crippen LogP contribution >= 0.6 is 0 Å². The number of carbonyl (C=O) groups excluding carboxylic acids is 1. The van der Waals surface area contributed by atoms with Gasteiger partial charge < -0.3 is 9.29 Å². The van der Waals surface area contributed by atoms with Gasteiger partial charge in [-0.25, -0.2) is 22.0 Å². The second kappa shape index (κ2) is 6.65. The fourth-order valence-electron chi connectivity index (χ4n) is 1.81. The molecule has 10 heteroatoms. The van der Waals surface area contributed by atoms with Crippen molar-refractivity contribution in [2.24, 2.45) is 0 Å². The van der Waals surface area contributed by atoms with Crippen molar-refractivity contribution in [3.63, 3.8) is 0 Å². The Kier molecular flexibility index (Phi) is 4.95. The number of hydrogen-bond acceptors (Lipinski definition) is 5. The number of carbonyl (C=O) groups is 1. The van der Waals surface area contributed by atoms with Gasteiger partial charge in [0.25, 0.3) is 0 Å². The van der Waals surface area contributed by atoms with Gasteiger partial charge in [-0.1, -0.05) is 24.8 Å². The van der Waals surface area contributed by atoms with Gasteiger partial charge in [-0.3, -0.25) is 0 Å². The van der Waals surface area contributed by atoms with Crippen molar-refractivity contribution in [3.05, 3.63) is 65.2 Å². The maximum Gasteiger partial charge on any atom is 0.343 e. The molecule has 0 saturated carbocycles. The van der Waals surface area contributed by atoms with E-state index in [0.717, 1.165) is 0 Å². The number of rotatable bonds is 4. The van der Waals surface area contributed by atoms with Crippen molar-refractivity contribution in [3.8, 4) is 5.75 Å². The van der Waals surface area contributed by atoms with Crippen LogP contribution in [0.1, 0.15) is 15.9 Å². The molecule has 0 atom stereocenters. The van der Waals surface area contributed by atoms with Crippen LogP contribution in [0.5, 0.6) is 5.75 Å². The first kappa shape index (κ1) is 18.6. The first-order valence-electron chi connectivity index (χ1n) is 6.34. The van der Waals surface area contributed by atoms with Crippen LogP contribution in [0.3, 0.4) is 0 Å². The molecule has 0 aliphatic carbocycles. The summed E-state index contributed by atoms with van der Waals surface area (Å²) < 4.78 is 91.1. The average molecular weight is 375 g/mol. The third-order valence-corrected chi connectivity index (χ3v) is 3.87. The van der Waals surface area contributed by atoms with Crippen LogP contribution in [0.25, 0.3) is 6.08 Å². The van der Waals surface area contributed by atoms with Gasteiger partial charge in [0.05, 0.1) is 5.56 Å². The lowest BCUT2D eigenvalue weighted by Crippen LogP contribution is -2.16. The molecule has 0 aliphatic heterocycles. The van der Waals surface area contributed by atoms with Gasteiger partial charge in [-0.05, 0) is 17.7 Å². The highest BCUT2D eigenvalue weighted by Crippen LogP contribution is 2.32. The minimum atomic E-state index is -5.84. The Morgan fingerprint density at radius 2 is 1.48 bits per heavy atom. The third-order valence-electron chi connectivity index (χ3n) is 3.01. The minimum Gasteiger partial charge on any atom is -0.744 e. The van der Waals surface area contributed by atoms with E-state index in [4.69, 9.17) is 0 Å². The molecule has 0 heterocycles. The summed E-state index contributed by atoms with van der Waals surface area (Å²) >= 11 is 0. The molecule has 0 unspecified atom stereocenters. The molecule has 2 aromatic rings. The number of halogens is 4. The third kappa shape index (κ3) is 3.54. The van der Waals surface area contributed by atoms with Crippen LogP contribution in [0.15, 0.2) is 35.7 Å². The highest BCUT2D eigenvalue weighted by Gasteiger charge is 2.31. The predicted molar refractivity (Wildman–Crippen MR) is 75.7 cm³/mol. The Bertz CT molecular complexity index is 939. The topological polar surface area (TPSA) is 83.5 Å². The predicted octanol–water partition coefficient (Wildman–Crippen LogP) is 3.01. The van der Waals surface area contributed by atoms with E-state index in [9.17, 15) is 35.3 Å². The monoisotopic (exact) mass is 375 g/mol. The van der Waals surface area contributed by atoms with E-state index in [1.165, 1.54) is 30.3 Å². The molecule has 0 saturated heterocycles. The zero-order chi connectivity index (χ0) is 18.9. The van der Waals surface area contributed by atoms with E-state index < -0.39 is 50.0 Å². The second-order valence-electron chi connectivity index (χ2n) is 4.58. The molecule has 25 heavy (non-hydrogen) atoms. The summed E-state index contributed by atoms with van der Waals surface area (Å²) in [5.74, 6) is -12.8. The fraction of sp³-hybridized carbons (Fsp3) is 0. The Hall–Kier alpha value is -2.72. The van der Waals surface area contributed by atoms with E-state index in [1.54, 1.807) is 0 Å². The van der Waals surface area contributed by atoms with Gasteiger partial charge in [0.1, 0.15) is 15.0 Å². The molecular formula is C15H7F4O5S-. The van der Waals surface area contributed by atoms with Gasteiger partial charge in [-0.15, -0.1) is 0 Å². The number of ether oxygens (including phenoxy) is 1. The molecule has 2 aromatic carbocycles. The van der Waals surface area contributed by atoms with Crippen LogP contribution in [-0.4, -0.2) is 18.9 Å². The van der Waals surface area contributed by atoms with Crippen LogP contribution < -0.4 is 4.74 Å². The van der Waals surface area contributed by atoms with Crippen molar-refractivity contribution in [1.82, 2.24) is 0 Å². The summed E-state index contributed by atoms with van der Waals surface area (Å²) in [6.45, 7) is 3.47. The van der Waals surface area contributed by atoms with Crippen LogP contribution in [-0.2, 0) is 10.1 Å². The van der Waals surface area contributed by atoms with Crippen molar-refractivity contribution >= 4 is 22.2 Å². The van der Waals surface area contributed by atoms with Gasteiger partial charge >= 0.3 is 5.97 Å². The van der Waals surface area contributed by atoms with E-state index >= 15 is 0 Å². The second-order valence-corrected chi connectivity index (χ2v) is 5.90. The minimum absolute atomic E-state index is 0.217. The van der Waals surface area contributed by atoms with Gasteiger partial charge in [0, 0.05) is 0 Å². The summed E-state index contributed by atoms with van der Waals surface area (Å²) in [6, 6.07) is 5.20. The van der Waals surface area contributed by atoms with Crippen molar-refractivity contribution in [2.45, 2.75) is 4.90 Å². The molecule has 0 radical (unpaired) electrons.